The fraction of sp³-hybridized carbons (Fsp3) is 0.154. The number of anilines is 2. The average molecular weight is 447 g/mol. The van der Waals surface area contributed by atoms with Gasteiger partial charge in [0.05, 0.1) is 17.5 Å². The van der Waals surface area contributed by atoms with Gasteiger partial charge in [-0.25, -0.2) is 0 Å². The smallest absolute Gasteiger partial charge is 0.248 e. The van der Waals surface area contributed by atoms with Gasteiger partial charge in [0.15, 0.2) is 0 Å². The molecule has 0 aliphatic heterocycles. The molecule has 0 aliphatic carbocycles. The van der Waals surface area contributed by atoms with Gasteiger partial charge in [-0.2, -0.15) is 0 Å². The van der Waals surface area contributed by atoms with Crippen LogP contribution in [-0.4, -0.2) is 23.7 Å². The molecule has 0 saturated heterocycles. The molecule has 0 saturated carbocycles. The molecule has 0 fully saturated rings. The maximum Gasteiger partial charge on any atom is 0.248 e. The lowest BCUT2D eigenvalue weighted by atomic mass is 10.2. The van der Waals surface area contributed by atoms with Crippen LogP contribution in [0.2, 0.25) is 0 Å². The van der Waals surface area contributed by atoms with Crippen molar-refractivity contribution >= 4 is 41.0 Å². The van der Waals surface area contributed by atoms with Crippen LogP contribution in [0.1, 0.15) is 19.4 Å². The molecule has 1 atom stereocenters. The van der Waals surface area contributed by atoms with Crippen molar-refractivity contribution in [3.8, 4) is 5.75 Å². The Bertz CT molecular complexity index is 1080. The van der Waals surface area contributed by atoms with E-state index in [1.54, 1.807) is 6.08 Å². The Hall–Kier alpha value is -3.51. The summed E-state index contributed by atoms with van der Waals surface area (Å²) in [4.78, 5) is 25.8. The van der Waals surface area contributed by atoms with Crippen LogP contribution in [0.4, 0.5) is 11.4 Å². The van der Waals surface area contributed by atoms with E-state index >= 15 is 0 Å². The number of benzene rings is 3. The predicted octanol–water partition coefficient (Wildman–Crippen LogP) is 5.86. The first kappa shape index (κ1) is 23.2. The number of rotatable bonds is 9. The SMILES string of the molecule is CCOc1ccccc1NC(=O)C(C)Sc1cccc(NC(=O)/C=C/c2ccccc2)c1. The maximum absolute atomic E-state index is 12.7. The predicted molar refractivity (Wildman–Crippen MR) is 132 cm³/mol. The van der Waals surface area contributed by atoms with Gasteiger partial charge >= 0.3 is 0 Å². The monoisotopic (exact) mass is 446 g/mol. The Morgan fingerprint density at radius 2 is 1.72 bits per heavy atom. The van der Waals surface area contributed by atoms with Crippen molar-refractivity contribution in [3.05, 3.63) is 90.5 Å². The molecule has 0 heterocycles. The number of hydrogen-bond acceptors (Lipinski definition) is 4. The van der Waals surface area contributed by atoms with Gasteiger partial charge in [0.2, 0.25) is 11.8 Å². The van der Waals surface area contributed by atoms with Crippen molar-refractivity contribution in [2.45, 2.75) is 24.0 Å². The molecular formula is C26H26N2O3S. The second-order valence-corrected chi connectivity index (χ2v) is 8.35. The number of para-hydroxylation sites is 2. The molecule has 0 aromatic heterocycles. The summed E-state index contributed by atoms with van der Waals surface area (Å²) in [5, 5.41) is 5.45. The highest BCUT2D eigenvalue weighted by Gasteiger charge is 2.16. The van der Waals surface area contributed by atoms with Gasteiger partial charge < -0.3 is 15.4 Å². The van der Waals surface area contributed by atoms with Crippen LogP contribution < -0.4 is 15.4 Å². The fourth-order valence-electron chi connectivity index (χ4n) is 2.91. The summed E-state index contributed by atoms with van der Waals surface area (Å²) in [6.45, 7) is 4.27. The van der Waals surface area contributed by atoms with Crippen molar-refractivity contribution in [2.24, 2.45) is 0 Å². The third kappa shape index (κ3) is 7.03. The van der Waals surface area contributed by atoms with Gasteiger partial charge in [-0.05, 0) is 55.8 Å². The Labute approximate surface area is 192 Å². The molecule has 0 aliphatic rings. The summed E-state index contributed by atoms with van der Waals surface area (Å²) in [5.74, 6) is 0.311. The van der Waals surface area contributed by atoms with Crippen LogP contribution in [0.5, 0.6) is 5.75 Å². The molecule has 3 rings (SSSR count). The molecule has 2 amide bonds. The first-order valence-electron chi connectivity index (χ1n) is 10.4. The van der Waals surface area contributed by atoms with E-state index in [0.29, 0.717) is 23.7 Å². The molecule has 0 radical (unpaired) electrons. The molecule has 6 heteroatoms. The quantitative estimate of drug-likeness (QED) is 0.319. The number of thioether (sulfide) groups is 1. The zero-order chi connectivity index (χ0) is 22.8. The number of nitrogens with one attached hydrogen (secondary N) is 2. The van der Waals surface area contributed by atoms with Gasteiger partial charge in [-0.3, -0.25) is 9.59 Å². The molecule has 0 bridgehead atoms. The molecular weight excluding hydrogens is 420 g/mol. The van der Waals surface area contributed by atoms with E-state index in [2.05, 4.69) is 10.6 Å². The summed E-state index contributed by atoms with van der Waals surface area (Å²) >= 11 is 1.42. The van der Waals surface area contributed by atoms with Gasteiger partial charge in [0.1, 0.15) is 5.75 Å². The number of carbonyl (C=O) groups is 2. The fourth-order valence-corrected chi connectivity index (χ4v) is 3.84. The van der Waals surface area contributed by atoms with E-state index in [9.17, 15) is 9.59 Å². The minimum absolute atomic E-state index is 0.123. The highest BCUT2D eigenvalue weighted by Crippen LogP contribution is 2.28. The molecule has 0 spiro atoms. The Morgan fingerprint density at radius 3 is 2.50 bits per heavy atom. The molecule has 164 valence electrons. The number of ether oxygens (including phenoxy) is 1. The van der Waals surface area contributed by atoms with Crippen molar-refractivity contribution in [1.82, 2.24) is 0 Å². The van der Waals surface area contributed by atoms with Crippen LogP contribution in [0, 0.1) is 0 Å². The number of carbonyl (C=O) groups excluding carboxylic acids is 2. The number of hydrogen-bond donors (Lipinski definition) is 2. The summed E-state index contributed by atoms with van der Waals surface area (Å²) < 4.78 is 5.57. The molecule has 3 aromatic carbocycles. The van der Waals surface area contributed by atoms with E-state index in [-0.39, 0.29) is 17.1 Å². The van der Waals surface area contributed by atoms with Crippen molar-refractivity contribution in [1.29, 1.82) is 0 Å². The molecule has 1 unspecified atom stereocenters. The van der Waals surface area contributed by atoms with E-state index in [0.717, 1.165) is 10.5 Å². The van der Waals surface area contributed by atoms with Gasteiger partial charge in [0, 0.05) is 16.7 Å². The molecule has 32 heavy (non-hydrogen) atoms. The minimum Gasteiger partial charge on any atom is -0.492 e. The highest BCUT2D eigenvalue weighted by atomic mass is 32.2. The highest BCUT2D eigenvalue weighted by molar-refractivity contribution is 8.00. The third-order valence-corrected chi connectivity index (χ3v) is 5.55. The van der Waals surface area contributed by atoms with Gasteiger partial charge in [-0.1, -0.05) is 48.5 Å². The number of amides is 2. The van der Waals surface area contributed by atoms with E-state index in [4.69, 9.17) is 4.74 Å². The zero-order valence-corrected chi connectivity index (χ0v) is 18.9. The molecule has 2 N–H and O–H groups in total. The van der Waals surface area contributed by atoms with Crippen LogP contribution >= 0.6 is 11.8 Å². The molecule has 3 aromatic rings. The van der Waals surface area contributed by atoms with Crippen molar-refractivity contribution in [2.75, 3.05) is 17.2 Å². The third-order valence-electron chi connectivity index (χ3n) is 4.46. The van der Waals surface area contributed by atoms with E-state index in [1.807, 2.05) is 92.7 Å². The Kier molecular flexibility index (Phi) is 8.52. The summed E-state index contributed by atoms with van der Waals surface area (Å²) in [6.07, 6.45) is 3.27. The van der Waals surface area contributed by atoms with E-state index < -0.39 is 0 Å². The lowest BCUT2D eigenvalue weighted by Gasteiger charge is -2.15. The lowest BCUT2D eigenvalue weighted by Crippen LogP contribution is -2.22. The average Bonchev–Trinajstić information content (AvgIpc) is 2.80. The molecule has 5 nitrogen and oxygen atoms in total. The van der Waals surface area contributed by atoms with Crippen molar-refractivity contribution in [3.63, 3.8) is 0 Å². The second-order valence-electron chi connectivity index (χ2n) is 6.94. The second kappa shape index (κ2) is 11.8. The topological polar surface area (TPSA) is 67.4 Å². The van der Waals surface area contributed by atoms with Gasteiger partial charge in [-0.15, -0.1) is 11.8 Å². The lowest BCUT2D eigenvalue weighted by molar-refractivity contribution is -0.115. The van der Waals surface area contributed by atoms with Gasteiger partial charge in [0.25, 0.3) is 0 Å². The van der Waals surface area contributed by atoms with Crippen molar-refractivity contribution < 1.29 is 14.3 Å². The summed E-state index contributed by atoms with van der Waals surface area (Å²) in [6, 6.07) is 24.5. The first-order valence-corrected chi connectivity index (χ1v) is 11.3. The summed E-state index contributed by atoms with van der Waals surface area (Å²) in [5.41, 5.74) is 2.28. The van der Waals surface area contributed by atoms with Crippen LogP contribution in [0.15, 0.2) is 89.8 Å². The first-order chi connectivity index (χ1) is 15.5. The van der Waals surface area contributed by atoms with Crippen LogP contribution in [0.3, 0.4) is 0 Å². The Balaban J connectivity index is 1.58. The van der Waals surface area contributed by atoms with Crippen LogP contribution in [0.25, 0.3) is 6.08 Å². The largest absolute Gasteiger partial charge is 0.492 e. The standard InChI is InChI=1S/C26H26N2O3S/c1-3-31-24-15-8-7-14-23(24)28-26(30)19(2)32-22-13-9-12-21(18-22)27-25(29)17-16-20-10-5-4-6-11-20/h4-19H,3H2,1-2H3,(H,27,29)(H,28,30)/b17-16+. The maximum atomic E-state index is 12.7. The van der Waals surface area contributed by atoms with E-state index in [1.165, 1.54) is 17.8 Å². The Morgan fingerprint density at radius 1 is 0.969 bits per heavy atom. The minimum atomic E-state index is -0.339. The summed E-state index contributed by atoms with van der Waals surface area (Å²) in [7, 11) is 0. The normalized spacial score (nSPS) is 11.7. The zero-order valence-electron chi connectivity index (χ0n) is 18.1. The van der Waals surface area contributed by atoms with Crippen LogP contribution in [-0.2, 0) is 9.59 Å².